The molecule has 0 heterocycles. The van der Waals surface area contributed by atoms with Gasteiger partial charge < -0.3 is 48.0 Å². The maximum atomic E-state index is 3.37. The van der Waals surface area contributed by atoms with Crippen LogP contribution < -0.4 is 48.0 Å². The van der Waals surface area contributed by atoms with E-state index in [0.29, 0.717) is 0 Å². The first-order chi connectivity index (χ1) is 9.29. The predicted molar refractivity (Wildman–Crippen MR) is 83.3 cm³/mol. The van der Waals surface area contributed by atoms with Crippen molar-refractivity contribution in [3.05, 3.63) is 52.6 Å². The number of unbranched alkanes of at least 4 members (excludes halogenated alkanes) is 1. The summed E-state index contributed by atoms with van der Waals surface area (Å²) in [6, 6.07) is 6.69. The summed E-state index contributed by atoms with van der Waals surface area (Å²) < 4.78 is 0. The van der Waals surface area contributed by atoms with Crippen LogP contribution in [0.3, 0.4) is 0 Å². The average Bonchev–Trinajstić information content (AvgIpc) is 3.05. The maximum absolute atomic E-state index is 3.37. The third-order valence-corrected chi connectivity index (χ3v) is 3.98. The molecule has 0 nitrogen and oxygen atoms in total. The molecule has 2 aliphatic rings. The number of hydrogen-bond donors (Lipinski definition) is 0. The second-order valence-corrected chi connectivity index (χ2v) is 5.73. The van der Waals surface area contributed by atoms with Crippen molar-refractivity contribution in [1.29, 1.82) is 0 Å². The Balaban J connectivity index is 0. The minimum atomic E-state index is 0. The zero-order valence-electron chi connectivity index (χ0n) is 13.7. The monoisotopic (exact) mass is 598 g/mol. The van der Waals surface area contributed by atoms with Gasteiger partial charge in [-0.05, 0) is 0 Å². The van der Waals surface area contributed by atoms with E-state index in [-0.39, 0.29) is 74.2 Å². The van der Waals surface area contributed by atoms with Crippen LogP contribution in [-0.2, 0) is 39.0 Å². The van der Waals surface area contributed by atoms with Gasteiger partial charge in [-0.3, -0.25) is 0 Å². The van der Waals surface area contributed by atoms with Gasteiger partial charge >= 0.3 is 26.2 Å². The fraction of sp³-hybridized carbons (Fsp3) is 0.526. The van der Waals surface area contributed by atoms with E-state index >= 15 is 0 Å². The molecule has 0 radical (unpaired) electrons. The molecule has 0 spiro atoms. The molecule has 0 aromatic heterocycles. The number of rotatable bonds is 3. The third-order valence-electron chi connectivity index (χ3n) is 3.98. The number of hydrogen-bond acceptors (Lipinski definition) is 0. The second-order valence-electron chi connectivity index (χ2n) is 5.73. The quantitative estimate of drug-likeness (QED) is 0.327. The maximum Gasteiger partial charge on any atom is 4.00 e. The summed E-state index contributed by atoms with van der Waals surface area (Å²) in [6.45, 7) is 4.38. The molecule has 0 bridgehead atoms. The molecule has 0 amide bonds. The molecule has 22 heavy (non-hydrogen) atoms. The van der Waals surface area contributed by atoms with Crippen LogP contribution in [0.4, 0.5) is 0 Å². The molecule has 1 aromatic carbocycles. The molecule has 2 aliphatic carbocycles. The molecule has 1 aromatic rings. The van der Waals surface area contributed by atoms with Crippen molar-refractivity contribution in [2.24, 2.45) is 0 Å². The molecule has 3 heteroatoms. The Hall–Kier alpha value is 1.17. The van der Waals surface area contributed by atoms with E-state index in [1.54, 1.807) is 11.1 Å². The van der Waals surface area contributed by atoms with Gasteiger partial charge in [-0.25, -0.2) is 23.8 Å². The van der Waals surface area contributed by atoms with Crippen LogP contribution in [0.15, 0.2) is 35.4 Å². The number of fused-ring (bicyclic) bond motifs is 1. The first kappa shape index (κ1) is 25.4. The Kier molecular flexibility index (Phi) is 16.8. The zero-order valence-corrected chi connectivity index (χ0v) is 20.5. The van der Waals surface area contributed by atoms with Gasteiger partial charge in [-0.1, -0.05) is 65.2 Å². The van der Waals surface area contributed by atoms with E-state index in [2.05, 4.69) is 44.2 Å². The van der Waals surface area contributed by atoms with Crippen molar-refractivity contribution in [3.8, 4) is 0 Å². The van der Waals surface area contributed by atoms with Gasteiger partial charge in [-0.2, -0.15) is 28.8 Å². The van der Waals surface area contributed by atoms with E-state index in [9.17, 15) is 0 Å². The molecule has 3 rings (SSSR count). The van der Waals surface area contributed by atoms with E-state index in [1.165, 1.54) is 56.1 Å². The van der Waals surface area contributed by atoms with Crippen LogP contribution >= 0.6 is 0 Å². The van der Waals surface area contributed by atoms with Crippen molar-refractivity contribution in [3.63, 3.8) is 0 Å². The SMILES string of the molecule is CCCCC1=CCC(C)=[C-]1.[I-].[I-].[Zr+4].c1cc2c([cH-]1)CCCC2. The van der Waals surface area contributed by atoms with Crippen LogP contribution in [0, 0.1) is 6.08 Å². The van der Waals surface area contributed by atoms with Crippen molar-refractivity contribution in [1.82, 2.24) is 0 Å². The smallest absolute Gasteiger partial charge is 1.00 e. The topological polar surface area (TPSA) is 0 Å². The average molecular weight is 599 g/mol. The predicted octanol–water partition coefficient (Wildman–Crippen LogP) is -0.454. The fourth-order valence-corrected chi connectivity index (χ4v) is 2.80. The summed E-state index contributed by atoms with van der Waals surface area (Å²) in [6.07, 6.45) is 16.1. The Morgan fingerprint density at radius 1 is 1.18 bits per heavy atom. The van der Waals surface area contributed by atoms with Gasteiger partial charge in [0.15, 0.2) is 0 Å². The van der Waals surface area contributed by atoms with Crippen molar-refractivity contribution < 1.29 is 74.2 Å². The molecule has 0 saturated heterocycles. The first-order valence-corrected chi connectivity index (χ1v) is 7.81. The molecule has 120 valence electrons. The van der Waals surface area contributed by atoms with Gasteiger partial charge in [0.25, 0.3) is 0 Å². The number of aryl methyl sites for hydroxylation is 2. The molecule has 0 fully saturated rings. The first-order valence-electron chi connectivity index (χ1n) is 7.81. The van der Waals surface area contributed by atoms with Crippen LogP contribution in [0.1, 0.15) is 63.5 Å². The van der Waals surface area contributed by atoms with Gasteiger partial charge in [0, 0.05) is 0 Å². The molecule has 0 atom stereocenters. The minimum Gasteiger partial charge on any atom is -1.00 e. The summed E-state index contributed by atoms with van der Waals surface area (Å²) in [5, 5.41) is 0. The summed E-state index contributed by atoms with van der Waals surface area (Å²) in [7, 11) is 0. The van der Waals surface area contributed by atoms with Crippen LogP contribution in [0.2, 0.25) is 0 Å². The van der Waals surface area contributed by atoms with Crippen molar-refractivity contribution in [2.45, 2.75) is 65.2 Å². The van der Waals surface area contributed by atoms with Gasteiger partial charge in [0.2, 0.25) is 0 Å². The van der Waals surface area contributed by atoms with Gasteiger partial charge in [0.05, 0.1) is 0 Å². The Bertz CT molecular complexity index is 437. The minimum absolute atomic E-state index is 0. The van der Waals surface area contributed by atoms with Crippen molar-refractivity contribution in [2.75, 3.05) is 0 Å². The second kappa shape index (κ2) is 14.5. The van der Waals surface area contributed by atoms with Crippen LogP contribution in [-0.4, -0.2) is 0 Å². The summed E-state index contributed by atoms with van der Waals surface area (Å²) in [5.41, 5.74) is 6.02. The fourth-order valence-electron chi connectivity index (χ4n) is 2.80. The molecular formula is C19H26I2Zr. The zero-order chi connectivity index (χ0) is 13.5. The van der Waals surface area contributed by atoms with E-state index < -0.39 is 0 Å². The summed E-state index contributed by atoms with van der Waals surface area (Å²) in [5.74, 6) is 0. The van der Waals surface area contributed by atoms with E-state index in [4.69, 9.17) is 0 Å². The number of halogens is 2. The molecule has 0 N–H and O–H groups in total. The number of allylic oxidation sites excluding steroid dienone is 4. The molecular weight excluding hydrogens is 573 g/mol. The summed E-state index contributed by atoms with van der Waals surface area (Å²) >= 11 is 0. The largest absolute Gasteiger partial charge is 4.00 e. The third kappa shape index (κ3) is 8.87. The molecule has 0 aliphatic heterocycles. The molecule has 0 saturated carbocycles. The summed E-state index contributed by atoms with van der Waals surface area (Å²) in [4.78, 5) is 0. The Morgan fingerprint density at radius 2 is 1.91 bits per heavy atom. The molecule has 0 unspecified atom stereocenters. The normalized spacial score (nSPS) is 14.8. The van der Waals surface area contributed by atoms with Crippen LogP contribution in [0.25, 0.3) is 0 Å². The van der Waals surface area contributed by atoms with Crippen LogP contribution in [0.5, 0.6) is 0 Å². The Morgan fingerprint density at radius 3 is 2.50 bits per heavy atom. The van der Waals surface area contributed by atoms with Gasteiger partial charge in [-0.15, -0.1) is 0 Å². The van der Waals surface area contributed by atoms with E-state index in [1.807, 2.05) is 0 Å². The standard InChI is InChI=1S/C10H15.C9H11.2HI.Zr/c1-3-4-5-10-7-6-9(2)8-10;1-2-5-9-7-3-6-8(9)4-1;;;/h7H,3-6H2,1-2H3;3,6-7H,1-2,4-5H2;2*1H;/q2*-1;;;+4/p-2. The Labute approximate surface area is 190 Å². The van der Waals surface area contributed by atoms with E-state index in [0.717, 1.165) is 6.42 Å². The van der Waals surface area contributed by atoms with Crippen molar-refractivity contribution >= 4 is 0 Å². The van der Waals surface area contributed by atoms with Gasteiger partial charge in [0.1, 0.15) is 0 Å².